The highest BCUT2D eigenvalue weighted by Gasteiger charge is 2.11. The molecule has 10 heavy (non-hydrogen) atoms. The first-order valence-corrected chi connectivity index (χ1v) is 4.48. The maximum absolute atomic E-state index is 10.5. The summed E-state index contributed by atoms with van der Waals surface area (Å²) in [4.78, 5) is 0. The molecule has 0 saturated heterocycles. The minimum Gasteiger partial charge on any atom is -0.289 e. The van der Waals surface area contributed by atoms with Gasteiger partial charge >= 0.3 is 0 Å². The van der Waals surface area contributed by atoms with Crippen molar-refractivity contribution in [1.29, 1.82) is 0 Å². The molecule has 0 aliphatic carbocycles. The molecule has 0 aliphatic heterocycles. The average molecular weight is 169 g/mol. The lowest BCUT2D eigenvalue weighted by Gasteiger charge is -2.09. The highest BCUT2D eigenvalue weighted by molar-refractivity contribution is 7.86. The van der Waals surface area contributed by atoms with Crippen LogP contribution in [-0.4, -0.2) is 31.1 Å². The summed E-state index contributed by atoms with van der Waals surface area (Å²) in [5.41, 5.74) is 0. The highest BCUT2D eigenvalue weighted by atomic mass is 32.2. The third kappa shape index (κ3) is 3.78. The Morgan fingerprint density at radius 3 is 2.30 bits per heavy atom. The van der Waals surface area contributed by atoms with Gasteiger partial charge in [0.05, 0.1) is 12.3 Å². The SMILES string of the molecule is CCN(O)OS(=O)(=O)CC. The summed E-state index contributed by atoms with van der Waals surface area (Å²) in [5, 5.41) is 8.83. The molecule has 62 valence electrons. The van der Waals surface area contributed by atoms with Crippen LogP contribution in [0.4, 0.5) is 0 Å². The molecule has 0 aromatic carbocycles. The number of nitrogens with zero attached hydrogens (tertiary/aromatic N) is 1. The molecule has 0 aliphatic rings. The van der Waals surface area contributed by atoms with Crippen molar-refractivity contribution < 1.29 is 17.9 Å². The molecule has 0 unspecified atom stereocenters. The van der Waals surface area contributed by atoms with Gasteiger partial charge in [-0.05, 0) is 13.8 Å². The van der Waals surface area contributed by atoms with Gasteiger partial charge in [-0.1, -0.05) is 5.23 Å². The van der Waals surface area contributed by atoms with Gasteiger partial charge in [0.15, 0.2) is 0 Å². The first-order valence-electron chi connectivity index (χ1n) is 2.90. The Morgan fingerprint density at radius 2 is 2.00 bits per heavy atom. The Balaban J connectivity index is 3.90. The number of hydrogen-bond acceptors (Lipinski definition) is 5. The van der Waals surface area contributed by atoms with Gasteiger partial charge in [0.2, 0.25) is 0 Å². The van der Waals surface area contributed by atoms with Gasteiger partial charge in [-0.3, -0.25) is 5.21 Å². The smallest absolute Gasteiger partial charge is 0.285 e. The van der Waals surface area contributed by atoms with E-state index >= 15 is 0 Å². The lowest BCUT2D eigenvalue weighted by atomic mass is 10.8. The second kappa shape index (κ2) is 3.87. The Hall–Kier alpha value is -0.170. The number of hydrogen-bond donors (Lipinski definition) is 1. The molecule has 5 nitrogen and oxygen atoms in total. The van der Waals surface area contributed by atoms with E-state index in [1.54, 1.807) is 6.92 Å². The molecule has 0 fully saturated rings. The van der Waals surface area contributed by atoms with Gasteiger partial charge in [0.25, 0.3) is 10.1 Å². The van der Waals surface area contributed by atoms with Crippen LogP contribution < -0.4 is 0 Å². The number of hydroxylamine groups is 2. The predicted octanol–water partition coefficient (Wildman–Crippen LogP) is -0.0212. The van der Waals surface area contributed by atoms with E-state index in [4.69, 9.17) is 5.21 Å². The predicted molar refractivity (Wildman–Crippen MR) is 34.7 cm³/mol. The van der Waals surface area contributed by atoms with Crippen molar-refractivity contribution >= 4 is 10.1 Å². The summed E-state index contributed by atoms with van der Waals surface area (Å²) in [7, 11) is -3.55. The molecule has 0 spiro atoms. The third-order valence-electron chi connectivity index (χ3n) is 0.824. The fraction of sp³-hybridized carbons (Fsp3) is 1.00. The first kappa shape index (κ1) is 9.83. The van der Waals surface area contributed by atoms with Gasteiger partial charge in [-0.25, -0.2) is 0 Å². The zero-order valence-electron chi connectivity index (χ0n) is 5.94. The standard InChI is InChI=1S/C4H11NO4S/c1-3-5(6)9-10(7,8)4-2/h6H,3-4H2,1-2H3. The van der Waals surface area contributed by atoms with Crippen LogP contribution in [0.25, 0.3) is 0 Å². The fourth-order valence-corrected chi connectivity index (χ4v) is 0.709. The van der Waals surface area contributed by atoms with Crippen LogP contribution in [0.1, 0.15) is 13.8 Å². The van der Waals surface area contributed by atoms with E-state index in [9.17, 15) is 8.42 Å². The summed E-state index contributed by atoms with van der Waals surface area (Å²) in [6.07, 6.45) is 0. The van der Waals surface area contributed by atoms with Crippen molar-refractivity contribution in [1.82, 2.24) is 5.23 Å². The van der Waals surface area contributed by atoms with Gasteiger partial charge in [-0.2, -0.15) is 12.7 Å². The van der Waals surface area contributed by atoms with Crippen molar-refractivity contribution in [3.05, 3.63) is 0 Å². The molecule has 0 heterocycles. The van der Waals surface area contributed by atoms with Crippen molar-refractivity contribution in [3.63, 3.8) is 0 Å². The zero-order valence-corrected chi connectivity index (χ0v) is 6.76. The van der Waals surface area contributed by atoms with E-state index in [-0.39, 0.29) is 17.5 Å². The lowest BCUT2D eigenvalue weighted by Crippen LogP contribution is -2.24. The molecule has 6 heteroatoms. The Bertz CT molecular complexity index is 176. The van der Waals surface area contributed by atoms with Gasteiger partial charge < -0.3 is 0 Å². The van der Waals surface area contributed by atoms with E-state index in [0.29, 0.717) is 0 Å². The van der Waals surface area contributed by atoms with E-state index in [1.807, 2.05) is 0 Å². The molecule has 0 bridgehead atoms. The number of rotatable bonds is 4. The van der Waals surface area contributed by atoms with Crippen molar-refractivity contribution in [2.24, 2.45) is 0 Å². The summed E-state index contributed by atoms with van der Waals surface area (Å²) in [6, 6.07) is 0. The minimum atomic E-state index is -3.55. The minimum absolute atomic E-state index is 0.110. The fourth-order valence-electron chi connectivity index (χ4n) is 0.236. The third-order valence-corrected chi connectivity index (χ3v) is 1.93. The van der Waals surface area contributed by atoms with Gasteiger partial charge in [0.1, 0.15) is 0 Å². The summed E-state index contributed by atoms with van der Waals surface area (Å²) in [6.45, 7) is 3.10. The Morgan fingerprint density at radius 1 is 1.50 bits per heavy atom. The largest absolute Gasteiger partial charge is 0.289 e. The van der Waals surface area contributed by atoms with Crippen LogP contribution in [0.3, 0.4) is 0 Å². The van der Waals surface area contributed by atoms with Crippen LogP contribution in [0.15, 0.2) is 0 Å². The van der Waals surface area contributed by atoms with Crippen molar-refractivity contribution in [3.8, 4) is 0 Å². The molecular formula is C4H11NO4S. The van der Waals surface area contributed by atoms with Crippen LogP contribution in [0.2, 0.25) is 0 Å². The monoisotopic (exact) mass is 169 g/mol. The molecule has 0 atom stereocenters. The molecule has 0 saturated carbocycles. The summed E-state index contributed by atoms with van der Waals surface area (Å²) >= 11 is 0. The van der Waals surface area contributed by atoms with Gasteiger partial charge in [-0.15, -0.1) is 0 Å². The Kier molecular flexibility index (Phi) is 3.80. The van der Waals surface area contributed by atoms with Crippen molar-refractivity contribution in [2.45, 2.75) is 13.8 Å². The van der Waals surface area contributed by atoms with E-state index in [2.05, 4.69) is 4.28 Å². The first-order chi connectivity index (χ1) is 4.52. The zero-order chi connectivity index (χ0) is 8.20. The van der Waals surface area contributed by atoms with Crippen LogP contribution in [-0.2, 0) is 14.4 Å². The molecule has 0 aromatic heterocycles. The average Bonchev–Trinajstić information content (AvgIpc) is 1.87. The summed E-state index contributed by atoms with van der Waals surface area (Å²) in [5.74, 6) is -0.149. The molecule has 0 rings (SSSR count). The normalized spacial score (nSPS) is 12.4. The molecule has 0 aromatic rings. The van der Waals surface area contributed by atoms with E-state index < -0.39 is 10.1 Å². The van der Waals surface area contributed by atoms with E-state index in [0.717, 1.165) is 0 Å². The van der Waals surface area contributed by atoms with Crippen molar-refractivity contribution in [2.75, 3.05) is 12.3 Å². The topological polar surface area (TPSA) is 66.8 Å². The highest BCUT2D eigenvalue weighted by Crippen LogP contribution is 1.94. The molecule has 1 N–H and O–H groups in total. The van der Waals surface area contributed by atoms with Crippen LogP contribution in [0, 0.1) is 0 Å². The van der Waals surface area contributed by atoms with Crippen LogP contribution in [0.5, 0.6) is 0 Å². The molecule has 0 radical (unpaired) electrons. The van der Waals surface area contributed by atoms with Gasteiger partial charge in [0, 0.05) is 0 Å². The van der Waals surface area contributed by atoms with Crippen LogP contribution >= 0.6 is 0 Å². The maximum atomic E-state index is 10.5. The lowest BCUT2D eigenvalue weighted by molar-refractivity contribution is -0.275. The maximum Gasteiger partial charge on any atom is 0.285 e. The quantitative estimate of drug-likeness (QED) is 0.599. The second-order valence-electron chi connectivity index (χ2n) is 1.59. The second-order valence-corrected chi connectivity index (χ2v) is 3.43. The molecular weight excluding hydrogens is 158 g/mol. The molecule has 0 amide bonds. The Labute approximate surface area is 60.2 Å². The van der Waals surface area contributed by atoms with E-state index in [1.165, 1.54) is 6.92 Å². The summed E-state index contributed by atoms with van der Waals surface area (Å²) < 4.78 is 25.2.